The lowest BCUT2D eigenvalue weighted by Gasteiger charge is -2.18. The molecule has 4 nitrogen and oxygen atoms in total. The lowest BCUT2D eigenvalue weighted by atomic mass is 9.86. The van der Waals surface area contributed by atoms with E-state index < -0.39 is 11.9 Å². The second-order valence-corrected chi connectivity index (χ2v) is 8.07. The van der Waals surface area contributed by atoms with Crippen molar-refractivity contribution < 1.29 is 19.8 Å². The van der Waals surface area contributed by atoms with Crippen molar-refractivity contribution in [3.63, 3.8) is 0 Å². The largest absolute Gasteiger partial charge is 0.481 e. The van der Waals surface area contributed by atoms with Crippen LogP contribution in [0, 0.1) is 35.5 Å². The molecule has 4 heteroatoms. The maximum atomic E-state index is 10.4. The lowest BCUT2D eigenvalue weighted by Crippen LogP contribution is -2.14. The van der Waals surface area contributed by atoms with Gasteiger partial charge in [-0.3, -0.25) is 9.59 Å². The molecule has 4 aliphatic rings. The van der Waals surface area contributed by atoms with Gasteiger partial charge >= 0.3 is 11.9 Å². The van der Waals surface area contributed by atoms with Gasteiger partial charge in [-0.05, 0) is 74.0 Å². The molecule has 4 saturated carbocycles. The molecule has 0 spiro atoms. The van der Waals surface area contributed by atoms with Crippen molar-refractivity contribution in [2.24, 2.45) is 35.5 Å². The minimum atomic E-state index is -0.609. The van der Waals surface area contributed by atoms with Crippen LogP contribution in [0.5, 0.6) is 0 Å². The molecule has 0 aromatic heterocycles. The maximum Gasteiger partial charge on any atom is 0.303 e. The molecule has 4 rings (SSSR count). The molecule has 0 aromatic carbocycles. The van der Waals surface area contributed by atoms with Crippen molar-refractivity contribution in [1.82, 2.24) is 0 Å². The summed E-state index contributed by atoms with van der Waals surface area (Å²) in [6.45, 7) is 0. The lowest BCUT2D eigenvalue weighted by molar-refractivity contribution is -0.139. The summed E-state index contributed by atoms with van der Waals surface area (Å²) >= 11 is 0. The Morgan fingerprint density at radius 1 is 0.682 bits per heavy atom. The zero-order chi connectivity index (χ0) is 15.7. The molecule has 0 aromatic rings. The summed E-state index contributed by atoms with van der Waals surface area (Å²) in [5, 5.41) is 17.2. The highest BCUT2D eigenvalue weighted by atomic mass is 16.4. The summed E-state index contributed by atoms with van der Waals surface area (Å²) in [4.78, 5) is 20.9. The molecule has 4 aliphatic carbocycles. The third-order valence-corrected chi connectivity index (χ3v) is 6.64. The van der Waals surface area contributed by atoms with E-state index in [9.17, 15) is 9.59 Å². The van der Waals surface area contributed by atoms with Gasteiger partial charge < -0.3 is 10.2 Å². The molecule has 4 bridgehead atoms. The van der Waals surface area contributed by atoms with Gasteiger partial charge in [-0.1, -0.05) is 12.8 Å². The zero-order valence-corrected chi connectivity index (χ0v) is 13.2. The number of carboxylic acids is 2. The van der Waals surface area contributed by atoms with Crippen LogP contribution in [0.1, 0.15) is 64.2 Å². The summed E-state index contributed by atoms with van der Waals surface area (Å²) < 4.78 is 0. The number of hydrogen-bond acceptors (Lipinski definition) is 2. The highest BCUT2D eigenvalue weighted by Crippen LogP contribution is 2.50. The second kappa shape index (κ2) is 6.59. The van der Waals surface area contributed by atoms with E-state index in [0.29, 0.717) is 24.7 Å². The number of fused-ring (bicyclic) bond motifs is 4. The average Bonchev–Trinajstić information content (AvgIpc) is 3.18. The van der Waals surface area contributed by atoms with E-state index in [4.69, 9.17) is 10.2 Å². The third-order valence-electron chi connectivity index (χ3n) is 6.64. The first-order chi connectivity index (χ1) is 10.5. The van der Waals surface area contributed by atoms with Gasteiger partial charge in [0.1, 0.15) is 0 Å². The maximum absolute atomic E-state index is 10.4. The highest BCUT2D eigenvalue weighted by molar-refractivity contribution is 5.67. The molecular formula is C18H28O4. The second-order valence-electron chi connectivity index (χ2n) is 8.07. The number of hydrogen-bond donors (Lipinski definition) is 2. The Hall–Kier alpha value is -1.06. The Morgan fingerprint density at radius 3 is 1.32 bits per heavy atom. The van der Waals surface area contributed by atoms with Crippen molar-refractivity contribution in [3.05, 3.63) is 0 Å². The zero-order valence-electron chi connectivity index (χ0n) is 13.2. The first-order valence-corrected chi connectivity index (χ1v) is 8.94. The van der Waals surface area contributed by atoms with Crippen molar-refractivity contribution in [2.75, 3.05) is 0 Å². The molecule has 4 fully saturated rings. The Labute approximate surface area is 132 Å². The minimum absolute atomic E-state index is 0.418. The van der Waals surface area contributed by atoms with Crippen LogP contribution in [0.4, 0.5) is 0 Å². The van der Waals surface area contributed by atoms with Crippen LogP contribution >= 0.6 is 0 Å². The van der Waals surface area contributed by atoms with Gasteiger partial charge in [0, 0.05) is 12.8 Å². The highest BCUT2D eigenvalue weighted by Gasteiger charge is 2.40. The minimum Gasteiger partial charge on any atom is -0.481 e. The van der Waals surface area contributed by atoms with Crippen LogP contribution in [0.3, 0.4) is 0 Å². The van der Waals surface area contributed by atoms with E-state index in [1.54, 1.807) is 0 Å². The Balaban J connectivity index is 0.000000131. The van der Waals surface area contributed by atoms with Gasteiger partial charge in [0.05, 0.1) is 0 Å². The summed E-state index contributed by atoms with van der Waals surface area (Å²) in [5.74, 6) is 3.10. The fourth-order valence-corrected chi connectivity index (χ4v) is 5.70. The summed E-state index contributed by atoms with van der Waals surface area (Å²) in [6.07, 6.45) is 11.2. The van der Waals surface area contributed by atoms with E-state index in [1.807, 2.05) is 0 Å². The Bertz CT molecular complexity index is 393. The van der Waals surface area contributed by atoms with Gasteiger partial charge in [0.15, 0.2) is 0 Å². The number of carboxylic acid groups (broad SMARTS) is 2. The quantitative estimate of drug-likeness (QED) is 0.828. The van der Waals surface area contributed by atoms with Crippen LogP contribution in [-0.2, 0) is 9.59 Å². The van der Waals surface area contributed by atoms with E-state index >= 15 is 0 Å². The molecule has 2 unspecified atom stereocenters. The van der Waals surface area contributed by atoms with E-state index in [1.165, 1.54) is 51.4 Å². The summed E-state index contributed by atoms with van der Waals surface area (Å²) in [7, 11) is 0. The molecule has 124 valence electrons. The molecule has 0 amide bonds. The molecule has 0 aliphatic heterocycles. The average molecular weight is 308 g/mol. The van der Waals surface area contributed by atoms with Gasteiger partial charge in [0.2, 0.25) is 0 Å². The van der Waals surface area contributed by atoms with Crippen LogP contribution < -0.4 is 0 Å². The molecule has 0 radical (unpaired) electrons. The van der Waals surface area contributed by atoms with E-state index in [-0.39, 0.29) is 0 Å². The first-order valence-electron chi connectivity index (χ1n) is 8.94. The third kappa shape index (κ3) is 3.64. The molecule has 6 atom stereocenters. The normalized spacial score (nSPS) is 41.3. The van der Waals surface area contributed by atoms with Gasteiger partial charge in [0.25, 0.3) is 0 Å². The van der Waals surface area contributed by atoms with Crippen molar-refractivity contribution in [3.8, 4) is 0 Å². The van der Waals surface area contributed by atoms with Crippen LogP contribution in [-0.4, -0.2) is 22.2 Å². The first kappa shape index (κ1) is 15.8. The standard InChI is InChI=1S/2C9H14O2/c2*10-9(11)5-8-4-6-1-2-7(8)3-6/h2*6-8H,1-5H2,(H,10,11)/t2*6-,7+,8?/m10/s1. The predicted octanol–water partition coefficient (Wildman–Crippen LogP) is 3.79. The van der Waals surface area contributed by atoms with Crippen molar-refractivity contribution in [2.45, 2.75) is 64.2 Å². The monoisotopic (exact) mass is 308 g/mol. The van der Waals surface area contributed by atoms with Crippen LogP contribution in [0.25, 0.3) is 0 Å². The van der Waals surface area contributed by atoms with Gasteiger partial charge in [-0.25, -0.2) is 0 Å². The van der Waals surface area contributed by atoms with Gasteiger partial charge in [-0.15, -0.1) is 0 Å². The van der Waals surface area contributed by atoms with Crippen LogP contribution in [0.2, 0.25) is 0 Å². The fourth-order valence-electron chi connectivity index (χ4n) is 5.70. The molecule has 2 N–H and O–H groups in total. The SMILES string of the molecule is O=C(O)CC1C[C@@H]2CC[C@H]1C2.O=C(O)CC1C[C@H]2CC[C@@H]1C2. The Morgan fingerprint density at radius 2 is 1.09 bits per heavy atom. The summed E-state index contributed by atoms with van der Waals surface area (Å²) in [6, 6.07) is 0. The number of carbonyl (C=O) groups is 2. The predicted molar refractivity (Wildman–Crippen MR) is 82.4 cm³/mol. The van der Waals surface area contributed by atoms with E-state index in [0.717, 1.165) is 23.7 Å². The molecule has 0 heterocycles. The molecule has 0 saturated heterocycles. The fraction of sp³-hybridized carbons (Fsp3) is 0.889. The van der Waals surface area contributed by atoms with Crippen LogP contribution in [0.15, 0.2) is 0 Å². The van der Waals surface area contributed by atoms with Crippen molar-refractivity contribution in [1.29, 1.82) is 0 Å². The number of rotatable bonds is 4. The topological polar surface area (TPSA) is 74.6 Å². The molecular weight excluding hydrogens is 280 g/mol. The smallest absolute Gasteiger partial charge is 0.303 e. The number of aliphatic carboxylic acids is 2. The van der Waals surface area contributed by atoms with Gasteiger partial charge in [-0.2, -0.15) is 0 Å². The Kier molecular flexibility index (Phi) is 4.74. The summed E-state index contributed by atoms with van der Waals surface area (Å²) in [5.41, 5.74) is 0. The van der Waals surface area contributed by atoms with E-state index in [2.05, 4.69) is 0 Å². The van der Waals surface area contributed by atoms with Crippen molar-refractivity contribution >= 4 is 11.9 Å². The molecule has 22 heavy (non-hydrogen) atoms.